The number of ether oxygens (including phenoxy) is 1. The maximum atomic E-state index is 13.1. The molecule has 1 aliphatic rings. The van der Waals surface area contributed by atoms with Gasteiger partial charge < -0.3 is 15.2 Å². The van der Waals surface area contributed by atoms with Crippen LogP contribution in [0.5, 0.6) is 0 Å². The highest BCUT2D eigenvalue weighted by molar-refractivity contribution is 6.47. The number of aryl methyl sites for hydroxylation is 1. The van der Waals surface area contributed by atoms with Gasteiger partial charge in [-0.2, -0.15) is 0 Å². The number of anilines is 2. The van der Waals surface area contributed by atoms with Crippen LogP contribution >= 0.6 is 0 Å². The molecule has 0 atom stereocenters. The van der Waals surface area contributed by atoms with Crippen LogP contribution in [0, 0.1) is 6.92 Å². The van der Waals surface area contributed by atoms with E-state index in [9.17, 15) is 24.3 Å². The fraction of sp³-hybridized carbons (Fsp3) is 0.360. The van der Waals surface area contributed by atoms with Gasteiger partial charge in [0.2, 0.25) is 0 Å². The first-order valence-electron chi connectivity index (χ1n) is 10.7. The number of Topliss-reactive ketones (excluding diaryl/α,β-unsaturated/α-hetero) is 1. The molecule has 2 aromatic carbocycles. The Bertz CT molecular complexity index is 1090. The third-order valence-electron chi connectivity index (χ3n) is 5.58. The monoisotopic (exact) mass is 452 g/mol. The highest BCUT2D eigenvalue weighted by Gasteiger charge is 2.46. The van der Waals surface area contributed by atoms with E-state index in [0.717, 1.165) is 12.0 Å². The molecule has 174 valence electrons. The van der Waals surface area contributed by atoms with Gasteiger partial charge in [-0.1, -0.05) is 30.2 Å². The molecule has 1 aliphatic carbocycles. The highest BCUT2D eigenvalue weighted by Crippen LogP contribution is 2.44. The fourth-order valence-corrected chi connectivity index (χ4v) is 3.66. The number of rotatable bonds is 6. The molecule has 0 bridgehead atoms. The van der Waals surface area contributed by atoms with Crippen molar-refractivity contribution in [3.8, 4) is 0 Å². The molecule has 0 unspecified atom stereocenters. The fourth-order valence-electron chi connectivity index (χ4n) is 3.66. The number of carbonyl (C=O) groups excluding carboxylic acids is 3. The number of nitrogens with one attached hydrogen (secondary N) is 2. The van der Waals surface area contributed by atoms with Crippen molar-refractivity contribution in [2.75, 3.05) is 10.6 Å². The second-order valence-electron chi connectivity index (χ2n) is 9.28. The summed E-state index contributed by atoms with van der Waals surface area (Å²) in [6, 6.07) is 11.3. The molecule has 0 spiro atoms. The summed E-state index contributed by atoms with van der Waals surface area (Å²) in [5, 5.41) is 14.8. The minimum Gasteiger partial charge on any atom is -0.481 e. The summed E-state index contributed by atoms with van der Waals surface area (Å²) in [6.45, 7) is 6.99. The van der Waals surface area contributed by atoms with Crippen molar-refractivity contribution < 1.29 is 29.0 Å². The lowest BCUT2D eigenvalue weighted by molar-refractivity contribution is -0.147. The lowest BCUT2D eigenvalue weighted by Crippen LogP contribution is -2.42. The summed E-state index contributed by atoms with van der Waals surface area (Å²) in [7, 11) is 0. The zero-order valence-corrected chi connectivity index (χ0v) is 19.2. The number of aliphatic carboxylic acids is 1. The Morgan fingerprint density at radius 2 is 1.61 bits per heavy atom. The molecule has 1 fully saturated rings. The number of amides is 2. The third-order valence-corrected chi connectivity index (χ3v) is 5.58. The van der Waals surface area contributed by atoms with E-state index in [1.807, 2.05) is 6.92 Å². The number of benzene rings is 2. The number of carboxylic acids is 1. The molecule has 2 aromatic rings. The summed E-state index contributed by atoms with van der Waals surface area (Å²) in [4.78, 5) is 50.1. The Morgan fingerprint density at radius 3 is 2.12 bits per heavy atom. The van der Waals surface area contributed by atoms with E-state index in [4.69, 9.17) is 4.74 Å². The Kier molecular flexibility index (Phi) is 6.58. The Hall–Kier alpha value is -3.68. The van der Waals surface area contributed by atoms with Gasteiger partial charge in [0, 0.05) is 5.69 Å². The summed E-state index contributed by atoms with van der Waals surface area (Å²) in [5.74, 6) is -2.78. The summed E-state index contributed by atoms with van der Waals surface area (Å²) < 4.78 is 5.26. The van der Waals surface area contributed by atoms with Gasteiger partial charge in [0.05, 0.1) is 16.7 Å². The molecular formula is C25H28N2O6. The van der Waals surface area contributed by atoms with Crippen LogP contribution in [0.4, 0.5) is 16.2 Å². The van der Waals surface area contributed by atoms with E-state index >= 15 is 0 Å². The second kappa shape index (κ2) is 9.05. The summed E-state index contributed by atoms with van der Waals surface area (Å²) in [5.41, 5.74) is -0.0496. The van der Waals surface area contributed by atoms with Crippen LogP contribution in [-0.2, 0) is 19.7 Å². The van der Waals surface area contributed by atoms with Crippen LogP contribution in [-0.4, -0.2) is 34.5 Å². The Balaban J connectivity index is 1.95. The quantitative estimate of drug-likeness (QED) is 0.432. The van der Waals surface area contributed by atoms with Crippen molar-refractivity contribution in [3.63, 3.8) is 0 Å². The van der Waals surface area contributed by atoms with Gasteiger partial charge >= 0.3 is 12.1 Å². The molecule has 1 saturated carbocycles. The van der Waals surface area contributed by atoms with E-state index in [0.29, 0.717) is 24.1 Å². The molecule has 0 aliphatic heterocycles. The Morgan fingerprint density at radius 1 is 0.970 bits per heavy atom. The molecular weight excluding hydrogens is 424 g/mol. The topological polar surface area (TPSA) is 122 Å². The molecule has 3 N–H and O–H groups in total. The number of hydrogen-bond donors (Lipinski definition) is 3. The van der Waals surface area contributed by atoms with Gasteiger partial charge in [0.25, 0.3) is 11.7 Å². The minimum absolute atomic E-state index is 0.0666. The van der Waals surface area contributed by atoms with Crippen LogP contribution in [0.15, 0.2) is 42.5 Å². The normalized spacial score (nSPS) is 14.5. The van der Waals surface area contributed by atoms with Crippen molar-refractivity contribution in [2.24, 2.45) is 0 Å². The number of carbonyl (C=O) groups is 4. The number of carboxylic acid groups (broad SMARTS) is 1. The van der Waals surface area contributed by atoms with Gasteiger partial charge in [0.1, 0.15) is 5.60 Å². The van der Waals surface area contributed by atoms with Crippen LogP contribution in [0.25, 0.3) is 0 Å². The largest absolute Gasteiger partial charge is 0.481 e. The number of hydrogen-bond acceptors (Lipinski definition) is 5. The molecule has 8 heteroatoms. The number of ketones is 1. The maximum absolute atomic E-state index is 13.1. The van der Waals surface area contributed by atoms with Crippen molar-refractivity contribution >= 4 is 35.1 Å². The van der Waals surface area contributed by atoms with E-state index in [2.05, 4.69) is 10.6 Å². The first-order chi connectivity index (χ1) is 15.4. The first-order valence-corrected chi connectivity index (χ1v) is 10.7. The van der Waals surface area contributed by atoms with Gasteiger partial charge in [-0.05, 0) is 70.4 Å². The minimum atomic E-state index is -1.10. The average molecular weight is 453 g/mol. The van der Waals surface area contributed by atoms with Gasteiger partial charge in [-0.25, -0.2) is 4.79 Å². The average Bonchev–Trinajstić information content (AvgIpc) is 2.67. The molecule has 0 saturated heterocycles. The van der Waals surface area contributed by atoms with E-state index < -0.39 is 34.8 Å². The molecule has 3 rings (SSSR count). The standard InChI is InChI=1S/C25H28N2O6/c1-15-6-9-17(10-7-15)26-21(29)20(28)18-14-16(25(22(30)31)12-5-13-25)8-11-19(18)27-23(32)33-24(2,3)4/h6-11,14H,5,12-13H2,1-4H3,(H,26,29)(H,27,32)(H,30,31). The van der Waals surface area contributed by atoms with Crippen LogP contribution in [0.3, 0.4) is 0 Å². The lowest BCUT2D eigenvalue weighted by atomic mass is 9.64. The van der Waals surface area contributed by atoms with Crippen molar-refractivity contribution in [1.82, 2.24) is 0 Å². The van der Waals surface area contributed by atoms with Crippen LogP contribution < -0.4 is 10.6 Å². The van der Waals surface area contributed by atoms with Crippen LogP contribution in [0.1, 0.15) is 61.5 Å². The molecule has 8 nitrogen and oxygen atoms in total. The maximum Gasteiger partial charge on any atom is 0.412 e. The SMILES string of the molecule is Cc1ccc(NC(=O)C(=O)c2cc(C3(C(=O)O)CCC3)ccc2NC(=O)OC(C)(C)C)cc1. The third kappa shape index (κ3) is 5.39. The lowest BCUT2D eigenvalue weighted by Gasteiger charge is -2.38. The highest BCUT2D eigenvalue weighted by atomic mass is 16.6. The molecule has 0 aromatic heterocycles. The smallest absolute Gasteiger partial charge is 0.412 e. The van der Waals surface area contributed by atoms with Gasteiger partial charge in [0.15, 0.2) is 0 Å². The predicted molar refractivity (Wildman–Crippen MR) is 124 cm³/mol. The van der Waals surface area contributed by atoms with Gasteiger partial charge in [-0.3, -0.25) is 19.7 Å². The molecule has 33 heavy (non-hydrogen) atoms. The zero-order valence-electron chi connectivity index (χ0n) is 19.2. The van der Waals surface area contributed by atoms with E-state index in [1.165, 1.54) is 12.1 Å². The predicted octanol–water partition coefficient (Wildman–Crippen LogP) is 4.67. The zero-order chi connectivity index (χ0) is 24.4. The van der Waals surface area contributed by atoms with Crippen molar-refractivity contribution in [2.45, 2.75) is 58.0 Å². The van der Waals surface area contributed by atoms with Crippen molar-refractivity contribution in [3.05, 3.63) is 59.2 Å². The van der Waals surface area contributed by atoms with E-state index in [-0.39, 0.29) is 11.3 Å². The van der Waals surface area contributed by atoms with Gasteiger partial charge in [-0.15, -0.1) is 0 Å². The van der Waals surface area contributed by atoms with Crippen molar-refractivity contribution in [1.29, 1.82) is 0 Å². The summed E-state index contributed by atoms with van der Waals surface area (Å²) in [6.07, 6.45) is 0.829. The first kappa shape index (κ1) is 24.0. The molecule has 2 amide bonds. The molecule has 0 heterocycles. The Labute approximate surface area is 192 Å². The molecule has 0 radical (unpaired) electrons. The van der Waals surface area contributed by atoms with Crippen LogP contribution in [0.2, 0.25) is 0 Å². The second-order valence-corrected chi connectivity index (χ2v) is 9.28. The summed E-state index contributed by atoms with van der Waals surface area (Å²) >= 11 is 0. The van der Waals surface area contributed by atoms with E-state index in [1.54, 1.807) is 51.1 Å².